The van der Waals surface area contributed by atoms with Crippen LogP contribution in [0.3, 0.4) is 0 Å². The van der Waals surface area contributed by atoms with Gasteiger partial charge in [0.1, 0.15) is 5.75 Å². The van der Waals surface area contributed by atoms with Crippen molar-refractivity contribution >= 4 is 27.5 Å². The Morgan fingerprint density at radius 2 is 2.14 bits per heavy atom. The quantitative estimate of drug-likeness (QED) is 0.871. The lowest BCUT2D eigenvalue weighted by atomic mass is 9.86. The van der Waals surface area contributed by atoms with E-state index >= 15 is 0 Å². The van der Waals surface area contributed by atoms with E-state index < -0.39 is 5.54 Å². The lowest BCUT2D eigenvalue weighted by Crippen LogP contribution is -2.35. The molecule has 0 aliphatic carbocycles. The van der Waals surface area contributed by atoms with Crippen molar-refractivity contribution in [2.75, 3.05) is 6.61 Å². The number of ether oxygens (including phenoxy) is 1. The Morgan fingerprint density at radius 3 is 2.90 bits per heavy atom. The average molecular weight is 367 g/mol. The summed E-state index contributed by atoms with van der Waals surface area (Å²) in [4.78, 5) is 0. The topological polar surface area (TPSA) is 35.2 Å². The number of halogens is 2. The molecule has 3 rings (SSSR count). The van der Waals surface area contributed by atoms with Crippen molar-refractivity contribution in [3.63, 3.8) is 0 Å². The molecule has 0 radical (unpaired) electrons. The highest BCUT2D eigenvalue weighted by Gasteiger charge is 2.26. The van der Waals surface area contributed by atoms with E-state index in [0.717, 1.165) is 34.4 Å². The van der Waals surface area contributed by atoms with E-state index in [1.54, 1.807) is 0 Å². The number of benzene rings is 2. The summed E-state index contributed by atoms with van der Waals surface area (Å²) in [6.45, 7) is 2.78. The molecule has 2 aromatic carbocycles. The van der Waals surface area contributed by atoms with Gasteiger partial charge in [0.15, 0.2) is 0 Å². The molecule has 0 bridgehead atoms. The Bertz CT molecular complexity index is 684. The van der Waals surface area contributed by atoms with Crippen LogP contribution < -0.4 is 10.5 Å². The van der Waals surface area contributed by atoms with Gasteiger partial charge < -0.3 is 10.5 Å². The van der Waals surface area contributed by atoms with Crippen molar-refractivity contribution in [2.24, 2.45) is 5.73 Å². The average Bonchev–Trinajstić information content (AvgIpc) is 2.86. The van der Waals surface area contributed by atoms with E-state index in [1.165, 1.54) is 5.56 Å². The van der Waals surface area contributed by atoms with Crippen molar-refractivity contribution < 1.29 is 4.74 Å². The molecule has 2 N–H and O–H groups in total. The van der Waals surface area contributed by atoms with E-state index in [-0.39, 0.29) is 0 Å². The van der Waals surface area contributed by atoms with Gasteiger partial charge in [0, 0.05) is 21.5 Å². The molecule has 0 fully saturated rings. The third-order valence-electron chi connectivity index (χ3n) is 3.87. The molecule has 1 aliphatic heterocycles. The Hall–Kier alpha value is -1.03. The molecule has 2 aromatic rings. The van der Waals surface area contributed by atoms with E-state index in [2.05, 4.69) is 28.1 Å². The maximum absolute atomic E-state index is 6.55. The largest absolute Gasteiger partial charge is 0.493 e. The molecule has 21 heavy (non-hydrogen) atoms. The summed E-state index contributed by atoms with van der Waals surface area (Å²) < 4.78 is 6.86. The van der Waals surface area contributed by atoms with Gasteiger partial charge in [0.05, 0.1) is 6.61 Å². The minimum absolute atomic E-state index is 0.495. The molecular formula is C17H17BrClNO. The van der Waals surface area contributed by atoms with Crippen LogP contribution >= 0.6 is 27.5 Å². The fourth-order valence-electron chi connectivity index (χ4n) is 2.82. The van der Waals surface area contributed by atoms with Crippen molar-refractivity contribution in [1.82, 2.24) is 0 Å². The molecule has 4 heteroatoms. The van der Waals surface area contributed by atoms with Gasteiger partial charge in [0.25, 0.3) is 0 Å². The first kappa shape index (κ1) is 14.9. The lowest BCUT2D eigenvalue weighted by Gasteiger charge is -2.26. The summed E-state index contributed by atoms with van der Waals surface area (Å²) in [5, 5.41) is 0.708. The summed E-state index contributed by atoms with van der Waals surface area (Å²) in [6, 6.07) is 12.0. The van der Waals surface area contributed by atoms with Crippen LogP contribution in [0.25, 0.3) is 0 Å². The molecule has 0 amide bonds. The first-order valence-electron chi connectivity index (χ1n) is 6.95. The Balaban J connectivity index is 1.96. The van der Waals surface area contributed by atoms with Crippen LogP contribution in [0, 0.1) is 0 Å². The number of hydrogen-bond donors (Lipinski definition) is 1. The smallest absolute Gasteiger partial charge is 0.125 e. The summed E-state index contributed by atoms with van der Waals surface area (Å²) in [5.74, 6) is 0.997. The zero-order chi connectivity index (χ0) is 15.0. The number of rotatable bonds is 3. The third kappa shape index (κ3) is 3.10. The van der Waals surface area contributed by atoms with Crippen LogP contribution in [0.1, 0.15) is 23.6 Å². The molecule has 1 aliphatic rings. The second kappa shape index (κ2) is 5.64. The first-order valence-corrected chi connectivity index (χ1v) is 8.12. The number of hydrogen-bond acceptors (Lipinski definition) is 2. The van der Waals surface area contributed by atoms with Gasteiger partial charge in [-0.3, -0.25) is 0 Å². The monoisotopic (exact) mass is 365 g/mol. The minimum Gasteiger partial charge on any atom is -0.493 e. The van der Waals surface area contributed by atoms with Gasteiger partial charge in [-0.05, 0) is 54.3 Å². The van der Waals surface area contributed by atoms with Crippen molar-refractivity contribution in [2.45, 2.75) is 25.3 Å². The van der Waals surface area contributed by atoms with Crippen LogP contribution in [0.4, 0.5) is 0 Å². The molecule has 0 spiro atoms. The van der Waals surface area contributed by atoms with Gasteiger partial charge >= 0.3 is 0 Å². The third-order valence-corrected chi connectivity index (χ3v) is 4.56. The molecule has 0 aromatic heterocycles. The van der Waals surface area contributed by atoms with E-state index in [0.29, 0.717) is 11.4 Å². The van der Waals surface area contributed by atoms with Crippen molar-refractivity contribution in [1.29, 1.82) is 0 Å². The molecule has 0 saturated heterocycles. The summed E-state index contributed by atoms with van der Waals surface area (Å²) in [7, 11) is 0. The van der Waals surface area contributed by atoms with Gasteiger partial charge in [-0.15, -0.1) is 0 Å². The lowest BCUT2D eigenvalue weighted by molar-refractivity contribution is 0.349. The van der Waals surface area contributed by atoms with E-state index in [1.807, 2.05) is 31.2 Å². The Kier molecular flexibility index (Phi) is 4.00. The normalized spacial score (nSPS) is 16.2. The zero-order valence-electron chi connectivity index (χ0n) is 11.8. The predicted octanol–water partition coefficient (Wildman–Crippen LogP) is 4.45. The fraction of sp³-hybridized carbons (Fsp3) is 0.294. The van der Waals surface area contributed by atoms with Gasteiger partial charge in [-0.1, -0.05) is 39.7 Å². The highest BCUT2D eigenvalue weighted by molar-refractivity contribution is 9.10. The molecule has 2 nitrogen and oxygen atoms in total. The SMILES string of the molecule is CC(N)(Cc1cc(Br)cc2c1OCC2)c1cccc(Cl)c1. The number of fused-ring (bicyclic) bond motifs is 1. The molecule has 1 unspecified atom stereocenters. The minimum atomic E-state index is -0.495. The Labute approximate surface area is 138 Å². The second-order valence-electron chi connectivity index (χ2n) is 5.76. The van der Waals surface area contributed by atoms with Gasteiger partial charge in [-0.25, -0.2) is 0 Å². The predicted molar refractivity (Wildman–Crippen MR) is 90.0 cm³/mol. The summed E-state index contributed by atoms with van der Waals surface area (Å²) >= 11 is 9.66. The van der Waals surface area contributed by atoms with Crippen LogP contribution in [0.15, 0.2) is 40.9 Å². The summed E-state index contributed by atoms with van der Waals surface area (Å²) in [6.07, 6.45) is 1.66. The van der Waals surface area contributed by atoms with E-state index in [4.69, 9.17) is 22.1 Å². The summed E-state index contributed by atoms with van der Waals surface area (Å²) in [5.41, 5.74) is 9.48. The van der Waals surface area contributed by atoms with Crippen LogP contribution in [0.2, 0.25) is 5.02 Å². The molecule has 1 atom stereocenters. The van der Waals surface area contributed by atoms with E-state index in [9.17, 15) is 0 Å². The van der Waals surface area contributed by atoms with Crippen molar-refractivity contribution in [3.8, 4) is 5.75 Å². The standard InChI is InChI=1S/C17H17BrClNO/c1-17(20,13-3-2-4-15(19)9-13)10-12-8-14(18)7-11-5-6-21-16(11)12/h2-4,7-9H,5-6,10,20H2,1H3. The molecule has 1 heterocycles. The maximum atomic E-state index is 6.55. The van der Waals surface area contributed by atoms with Gasteiger partial charge in [-0.2, -0.15) is 0 Å². The zero-order valence-corrected chi connectivity index (χ0v) is 14.2. The fourth-order valence-corrected chi connectivity index (χ4v) is 3.56. The molecular weight excluding hydrogens is 350 g/mol. The highest BCUT2D eigenvalue weighted by atomic mass is 79.9. The van der Waals surface area contributed by atoms with Crippen LogP contribution in [0.5, 0.6) is 5.75 Å². The maximum Gasteiger partial charge on any atom is 0.125 e. The first-order chi connectivity index (χ1) is 9.95. The van der Waals surface area contributed by atoms with Gasteiger partial charge in [0.2, 0.25) is 0 Å². The van der Waals surface area contributed by atoms with Crippen LogP contribution in [-0.2, 0) is 18.4 Å². The molecule has 0 saturated carbocycles. The van der Waals surface area contributed by atoms with Crippen LogP contribution in [-0.4, -0.2) is 6.61 Å². The molecule has 110 valence electrons. The highest BCUT2D eigenvalue weighted by Crippen LogP contribution is 2.36. The second-order valence-corrected chi connectivity index (χ2v) is 7.11. The number of nitrogens with two attached hydrogens (primary N) is 1. The Morgan fingerprint density at radius 1 is 1.33 bits per heavy atom. The van der Waals surface area contributed by atoms with Crippen molar-refractivity contribution in [3.05, 3.63) is 62.6 Å².